The van der Waals surface area contributed by atoms with Gasteiger partial charge >= 0.3 is 0 Å². The highest BCUT2D eigenvalue weighted by Crippen LogP contribution is 2.24. The van der Waals surface area contributed by atoms with E-state index in [1.807, 2.05) is 36.4 Å². The SMILES string of the molecule is CC(O)(NS(=O)(=O)c1cccc2cnccc12)N1CCN(CCCOc2ccccc2)CC1. The Morgan fingerprint density at radius 3 is 2.58 bits per heavy atom. The summed E-state index contributed by atoms with van der Waals surface area (Å²) in [5.74, 6) is -0.829. The smallest absolute Gasteiger partial charge is 0.244 e. The molecule has 8 nitrogen and oxygen atoms in total. The lowest BCUT2D eigenvalue weighted by Crippen LogP contribution is -2.63. The van der Waals surface area contributed by atoms with Gasteiger partial charge in [0.2, 0.25) is 10.0 Å². The van der Waals surface area contributed by atoms with Crippen LogP contribution in [0.25, 0.3) is 10.8 Å². The summed E-state index contributed by atoms with van der Waals surface area (Å²) in [6, 6.07) is 16.4. The number of benzene rings is 2. The summed E-state index contributed by atoms with van der Waals surface area (Å²) in [6.07, 6.45) is 4.08. The lowest BCUT2D eigenvalue weighted by Gasteiger charge is -2.42. The van der Waals surface area contributed by atoms with Crippen LogP contribution in [0.5, 0.6) is 5.75 Å². The quantitative estimate of drug-likeness (QED) is 0.366. The maximum atomic E-state index is 13.1. The highest BCUT2D eigenvalue weighted by molar-refractivity contribution is 7.89. The molecule has 1 aromatic heterocycles. The number of hydrogen-bond acceptors (Lipinski definition) is 7. The molecule has 1 fully saturated rings. The van der Waals surface area contributed by atoms with Gasteiger partial charge in [0.25, 0.3) is 0 Å². The number of hydrogen-bond donors (Lipinski definition) is 2. The Morgan fingerprint density at radius 2 is 1.82 bits per heavy atom. The molecular weight excluding hydrogens is 440 g/mol. The van der Waals surface area contributed by atoms with Crippen LogP contribution < -0.4 is 9.46 Å². The molecule has 0 radical (unpaired) electrons. The molecule has 1 aliphatic heterocycles. The lowest BCUT2D eigenvalue weighted by molar-refractivity contribution is -0.118. The van der Waals surface area contributed by atoms with Gasteiger partial charge in [-0.3, -0.25) is 9.88 Å². The minimum absolute atomic E-state index is 0.125. The van der Waals surface area contributed by atoms with E-state index in [1.165, 1.54) is 13.0 Å². The van der Waals surface area contributed by atoms with E-state index < -0.39 is 15.9 Å². The van der Waals surface area contributed by atoms with Gasteiger partial charge in [0, 0.05) is 55.9 Å². The summed E-state index contributed by atoms with van der Waals surface area (Å²) in [4.78, 5) is 8.23. The van der Waals surface area contributed by atoms with Gasteiger partial charge in [0.1, 0.15) is 5.75 Å². The zero-order valence-corrected chi connectivity index (χ0v) is 19.5. The van der Waals surface area contributed by atoms with E-state index in [1.54, 1.807) is 29.4 Å². The zero-order valence-electron chi connectivity index (χ0n) is 18.7. The molecule has 2 N–H and O–H groups in total. The van der Waals surface area contributed by atoms with Gasteiger partial charge in [0.05, 0.1) is 11.5 Å². The van der Waals surface area contributed by atoms with Gasteiger partial charge in [-0.25, -0.2) is 8.42 Å². The van der Waals surface area contributed by atoms with Crippen molar-refractivity contribution in [3.8, 4) is 5.75 Å². The highest BCUT2D eigenvalue weighted by Gasteiger charge is 2.36. The average molecular weight is 471 g/mol. The number of nitrogens with one attached hydrogen (secondary N) is 1. The maximum absolute atomic E-state index is 13.1. The van der Waals surface area contributed by atoms with Crippen molar-refractivity contribution in [2.45, 2.75) is 24.1 Å². The van der Waals surface area contributed by atoms with E-state index >= 15 is 0 Å². The Morgan fingerprint density at radius 1 is 1.06 bits per heavy atom. The summed E-state index contributed by atoms with van der Waals surface area (Å²) in [5.41, 5.74) is 0. The summed E-state index contributed by atoms with van der Waals surface area (Å²) < 4.78 is 34.5. The molecule has 1 unspecified atom stereocenters. The van der Waals surface area contributed by atoms with Crippen LogP contribution in [0.1, 0.15) is 13.3 Å². The molecule has 0 saturated carbocycles. The van der Waals surface area contributed by atoms with Gasteiger partial charge in [0.15, 0.2) is 5.85 Å². The van der Waals surface area contributed by atoms with E-state index in [4.69, 9.17) is 4.74 Å². The number of pyridine rings is 1. The number of ether oxygens (including phenoxy) is 1. The molecule has 0 spiro atoms. The molecule has 3 aromatic rings. The number of nitrogens with zero attached hydrogens (tertiary/aromatic N) is 3. The van der Waals surface area contributed by atoms with Crippen LogP contribution in [0, 0.1) is 0 Å². The fourth-order valence-electron chi connectivity index (χ4n) is 4.10. The first-order valence-electron chi connectivity index (χ1n) is 11.1. The fourth-order valence-corrected chi connectivity index (χ4v) is 5.58. The van der Waals surface area contributed by atoms with Crippen LogP contribution in [0.2, 0.25) is 0 Å². The van der Waals surface area contributed by atoms with Crippen molar-refractivity contribution in [3.05, 3.63) is 67.0 Å². The fraction of sp³-hybridized carbons (Fsp3) is 0.375. The molecule has 2 aromatic carbocycles. The van der Waals surface area contributed by atoms with Crippen LogP contribution in [0.3, 0.4) is 0 Å². The van der Waals surface area contributed by atoms with E-state index in [-0.39, 0.29) is 4.90 Å². The zero-order chi connectivity index (χ0) is 23.3. The molecule has 9 heteroatoms. The highest BCUT2D eigenvalue weighted by atomic mass is 32.2. The predicted molar refractivity (Wildman–Crippen MR) is 127 cm³/mol. The Labute approximate surface area is 194 Å². The third-order valence-corrected chi connectivity index (χ3v) is 7.47. The van der Waals surface area contributed by atoms with Crippen LogP contribution in [0.4, 0.5) is 0 Å². The molecule has 2 heterocycles. The van der Waals surface area contributed by atoms with Crippen molar-refractivity contribution < 1.29 is 18.3 Å². The lowest BCUT2D eigenvalue weighted by atomic mass is 10.2. The molecule has 1 aliphatic rings. The average Bonchev–Trinajstić information content (AvgIpc) is 2.82. The molecule has 33 heavy (non-hydrogen) atoms. The number of para-hydroxylation sites is 1. The van der Waals surface area contributed by atoms with Gasteiger partial charge in [-0.05, 0) is 37.6 Å². The molecule has 1 atom stereocenters. The van der Waals surface area contributed by atoms with E-state index in [0.717, 1.165) is 37.2 Å². The first-order chi connectivity index (χ1) is 15.9. The van der Waals surface area contributed by atoms with E-state index in [9.17, 15) is 13.5 Å². The topological polar surface area (TPSA) is 95.0 Å². The largest absolute Gasteiger partial charge is 0.494 e. The van der Waals surface area contributed by atoms with Crippen LogP contribution >= 0.6 is 0 Å². The third-order valence-electron chi connectivity index (χ3n) is 5.88. The monoisotopic (exact) mass is 470 g/mol. The van der Waals surface area contributed by atoms with Crippen molar-refractivity contribution in [3.63, 3.8) is 0 Å². The van der Waals surface area contributed by atoms with Gasteiger partial charge in [-0.15, -0.1) is 0 Å². The van der Waals surface area contributed by atoms with Crippen LogP contribution in [0.15, 0.2) is 71.9 Å². The molecule has 0 bridgehead atoms. The number of rotatable bonds is 9. The van der Waals surface area contributed by atoms with Crippen molar-refractivity contribution in [1.82, 2.24) is 19.5 Å². The Balaban J connectivity index is 1.30. The second-order valence-electron chi connectivity index (χ2n) is 8.32. The Hall–Kier alpha value is -2.56. The molecule has 176 valence electrons. The first kappa shape index (κ1) is 23.6. The second-order valence-corrected chi connectivity index (χ2v) is 9.97. The molecule has 4 rings (SSSR count). The number of aromatic nitrogens is 1. The molecule has 0 amide bonds. The second kappa shape index (κ2) is 10.1. The van der Waals surface area contributed by atoms with Crippen molar-refractivity contribution in [1.29, 1.82) is 0 Å². The van der Waals surface area contributed by atoms with E-state index in [2.05, 4.69) is 14.6 Å². The Kier molecular flexibility index (Phi) is 7.26. The summed E-state index contributed by atoms with van der Waals surface area (Å²) in [5, 5.41) is 12.3. The maximum Gasteiger partial charge on any atom is 0.244 e. The van der Waals surface area contributed by atoms with Gasteiger partial charge in [-0.2, -0.15) is 4.72 Å². The summed E-state index contributed by atoms with van der Waals surface area (Å²) >= 11 is 0. The number of piperazine rings is 1. The minimum atomic E-state index is -3.95. The van der Waals surface area contributed by atoms with E-state index in [0.29, 0.717) is 25.1 Å². The molecule has 1 saturated heterocycles. The first-order valence-corrected chi connectivity index (χ1v) is 12.6. The van der Waals surface area contributed by atoms with Crippen LogP contribution in [-0.2, 0) is 10.0 Å². The molecule has 0 aliphatic carbocycles. The third kappa shape index (κ3) is 5.87. The normalized spacial score (nSPS) is 17.6. The predicted octanol–water partition coefficient (Wildman–Crippen LogP) is 2.27. The standard InChI is InChI=1S/C24H30N4O4S/c1-24(29,26-33(30,31)23-10-5-7-20-19-25-12-11-22(20)23)28-16-14-27(15-17-28)13-6-18-32-21-8-3-2-4-9-21/h2-5,7-12,19,26,29H,6,13-18H2,1H3. The molecular formula is C24H30N4O4S. The number of sulfonamides is 1. The number of fused-ring (bicyclic) bond motifs is 1. The van der Waals surface area contributed by atoms with Gasteiger partial charge in [-0.1, -0.05) is 30.3 Å². The van der Waals surface area contributed by atoms with Crippen LogP contribution in [-0.4, -0.2) is 73.5 Å². The van der Waals surface area contributed by atoms with Crippen molar-refractivity contribution in [2.24, 2.45) is 0 Å². The number of aliphatic hydroxyl groups is 1. The summed E-state index contributed by atoms with van der Waals surface area (Å²) in [7, 11) is -3.95. The van der Waals surface area contributed by atoms with Crippen molar-refractivity contribution >= 4 is 20.8 Å². The minimum Gasteiger partial charge on any atom is -0.494 e. The Bertz CT molecular complexity index is 1160. The summed E-state index contributed by atoms with van der Waals surface area (Å²) in [6.45, 7) is 5.59. The van der Waals surface area contributed by atoms with Crippen molar-refractivity contribution in [2.75, 3.05) is 39.3 Å². The van der Waals surface area contributed by atoms with Gasteiger partial charge < -0.3 is 14.7 Å².